The summed E-state index contributed by atoms with van der Waals surface area (Å²) < 4.78 is 23.1. The number of hydrogen-bond acceptors (Lipinski definition) is 6. The van der Waals surface area contributed by atoms with E-state index in [1.54, 1.807) is 44.2 Å². The number of aromatic nitrogens is 2. The number of hydrogen-bond donors (Lipinski definition) is 0. The molecule has 24 heavy (non-hydrogen) atoms. The summed E-state index contributed by atoms with van der Waals surface area (Å²) >= 11 is 0. The van der Waals surface area contributed by atoms with Crippen molar-refractivity contribution in [3.05, 3.63) is 41.7 Å². The van der Waals surface area contributed by atoms with Crippen LogP contribution >= 0.6 is 0 Å². The van der Waals surface area contributed by atoms with Gasteiger partial charge in [-0.1, -0.05) is 0 Å². The number of methoxy groups -OCH3 is 3. The van der Waals surface area contributed by atoms with Crippen molar-refractivity contribution in [2.45, 2.75) is 19.3 Å². The summed E-state index contributed by atoms with van der Waals surface area (Å²) in [7, 11) is 4.75. The van der Waals surface area contributed by atoms with Gasteiger partial charge in [0.15, 0.2) is 17.8 Å². The second-order valence-electron chi connectivity index (χ2n) is 5.00. The summed E-state index contributed by atoms with van der Waals surface area (Å²) in [6.07, 6.45) is 2.17. The van der Waals surface area contributed by atoms with E-state index in [4.69, 9.17) is 24.2 Å². The van der Waals surface area contributed by atoms with Crippen LogP contribution < -0.4 is 9.47 Å². The zero-order valence-corrected chi connectivity index (χ0v) is 14.1. The number of nitrogens with zero attached hydrogens (tertiary/aromatic N) is 3. The van der Waals surface area contributed by atoms with Crippen LogP contribution in [0.1, 0.15) is 11.3 Å². The van der Waals surface area contributed by atoms with E-state index in [1.165, 1.54) is 0 Å². The standard InChI is InChI=1S/C17H21N3O4/c1-21-16-10-13(12-18)4-5-15(16)24-9-8-20-7-6-14(19-20)11-17(22-2)23-3/h4-7,10,17H,8-9,11H2,1-3H3. The van der Waals surface area contributed by atoms with Crippen LogP contribution in [0, 0.1) is 11.3 Å². The van der Waals surface area contributed by atoms with E-state index in [9.17, 15) is 0 Å². The Morgan fingerprint density at radius 2 is 1.96 bits per heavy atom. The zero-order chi connectivity index (χ0) is 17.4. The van der Waals surface area contributed by atoms with Crippen molar-refractivity contribution < 1.29 is 18.9 Å². The highest BCUT2D eigenvalue weighted by Gasteiger charge is 2.10. The van der Waals surface area contributed by atoms with E-state index in [-0.39, 0.29) is 6.29 Å². The molecule has 0 aliphatic rings. The lowest BCUT2D eigenvalue weighted by Crippen LogP contribution is -2.17. The largest absolute Gasteiger partial charge is 0.493 e. The Hall–Kier alpha value is -2.56. The summed E-state index contributed by atoms with van der Waals surface area (Å²) in [6, 6.07) is 9.07. The van der Waals surface area contributed by atoms with Crippen molar-refractivity contribution in [3.63, 3.8) is 0 Å². The average Bonchev–Trinajstić information content (AvgIpc) is 3.07. The molecule has 1 heterocycles. The lowest BCUT2D eigenvalue weighted by molar-refractivity contribution is -0.101. The molecular formula is C17H21N3O4. The monoisotopic (exact) mass is 331 g/mol. The van der Waals surface area contributed by atoms with Crippen LogP contribution in [0.3, 0.4) is 0 Å². The molecule has 0 saturated carbocycles. The van der Waals surface area contributed by atoms with Crippen LogP contribution in [0.15, 0.2) is 30.5 Å². The van der Waals surface area contributed by atoms with Gasteiger partial charge in [0, 0.05) is 32.9 Å². The van der Waals surface area contributed by atoms with Gasteiger partial charge in [-0.3, -0.25) is 4.68 Å². The first kappa shape index (κ1) is 17.8. The molecule has 2 aromatic rings. The van der Waals surface area contributed by atoms with Crippen LogP contribution in [0.5, 0.6) is 11.5 Å². The van der Waals surface area contributed by atoms with Gasteiger partial charge in [0.25, 0.3) is 0 Å². The zero-order valence-electron chi connectivity index (χ0n) is 14.1. The fraction of sp³-hybridized carbons (Fsp3) is 0.412. The third kappa shape index (κ3) is 4.72. The minimum atomic E-state index is -0.299. The summed E-state index contributed by atoms with van der Waals surface area (Å²) in [5, 5.41) is 13.3. The van der Waals surface area contributed by atoms with E-state index >= 15 is 0 Å². The Morgan fingerprint density at radius 3 is 2.62 bits per heavy atom. The van der Waals surface area contributed by atoms with Gasteiger partial charge in [-0.2, -0.15) is 10.4 Å². The van der Waals surface area contributed by atoms with Gasteiger partial charge in [0.1, 0.15) is 6.61 Å². The molecule has 1 aromatic carbocycles. The van der Waals surface area contributed by atoms with Gasteiger partial charge < -0.3 is 18.9 Å². The highest BCUT2D eigenvalue weighted by molar-refractivity contribution is 5.46. The lowest BCUT2D eigenvalue weighted by Gasteiger charge is -2.11. The van der Waals surface area contributed by atoms with Crippen molar-refractivity contribution in [3.8, 4) is 17.6 Å². The third-order valence-corrected chi connectivity index (χ3v) is 3.47. The second kappa shape index (κ2) is 8.91. The molecule has 0 aliphatic heterocycles. The van der Waals surface area contributed by atoms with Crippen molar-refractivity contribution in [1.82, 2.24) is 9.78 Å². The molecule has 0 spiro atoms. The molecule has 7 nitrogen and oxygen atoms in total. The number of rotatable bonds is 9. The van der Waals surface area contributed by atoms with Gasteiger partial charge >= 0.3 is 0 Å². The summed E-state index contributed by atoms with van der Waals surface area (Å²) in [4.78, 5) is 0. The highest BCUT2D eigenvalue weighted by Crippen LogP contribution is 2.27. The molecule has 128 valence electrons. The third-order valence-electron chi connectivity index (χ3n) is 3.47. The highest BCUT2D eigenvalue weighted by atomic mass is 16.7. The van der Waals surface area contributed by atoms with Crippen LogP contribution in [-0.4, -0.2) is 44.0 Å². The van der Waals surface area contributed by atoms with Crippen molar-refractivity contribution in [1.29, 1.82) is 5.26 Å². The fourth-order valence-corrected chi connectivity index (χ4v) is 2.18. The van der Waals surface area contributed by atoms with E-state index in [0.29, 0.717) is 36.6 Å². The lowest BCUT2D eigenvalue weighted by atomic mass is 10.2. The number of benzene rings is 1. The molecule has 1 aromatic heterocycles. The van der Waals surface area contributed by atoms with E-state index in [2.05, 4.69) is 11.2 Å². The molecule has 7 heteroatoms. The molecule has 0 aliphatic carbocycles. The fourth-order valence-electron chi connectivity index (χ4n) is 2.18. The first-order valence-corrected chi connectivity index (χ1v) is 7.49. The van der Waals surface area contributed by atoms with Crippen LogP contribution in [0.4, 0.5) is 0 Å². The maximum Gasteiger partial charge on any atom is 0.162 e. The number of nitriles is 1. The van der Waals surface area contributed by atoms with Crippen LogP contribution in [0.2, 0.25) is 0 Å². The first-order valence-electron chi connectivity index (χ1n) is 7.49. The molecule has 0 fully saturated rings. The SMILES string of the molecule is COc1cc(C#N)ccc1OCCn1ccc(CC(OC)OC)n1. The molecule has 0 bridgehead atoms. The quantitative estimate of drug-likeness (QED) is 0.654. The van der Waals surface area contributed by atoms with E-state index in [0.717, 1.165) is 5.69 Å². The normalized spacial score (nSPS) is 10.6. The summed E-state index contributed by atoms with van der Waals surface area (Å²) in [5.74, 6) is 1.14. The average molecular weight is 331 g/mol. The Bertz CT molecular complexity index is 689. The Labute approximate surface area is 141 Å². The summed E-state index contributed by atoms with van der Waals surface area (Å²) in [5.41, 5.74) is 1.42. The molecule has 0 unspecified atom stereocenters. The van der Waals surface area contributed by atoms with Gasteiger partial charge in [-0.15, -0.1) is 0 Å². The molecule has 0 radical (unpaired) electrons. The van der Waals surface area contributed by atoms with Crippen LogP contribution in [-0.2, 0) is 22.4 Å². The molecule has 0 saturated heterocycles. The van der Waals surface area contributed by atoms with Gasteiger partial charge in [-0.25, -0.2) is 0 Å². The minimum Gasteiger partial charge on any atom is -0.493 e. The molecule has 0 atom stereocenters. The topological polar surface area (TPSA) is 78.5 Å². The van der Waals surface area contributed by atoms with Gasteiger partial charge in [0.2, 0.25) is 0 Å². The molecule has 0 amide bonds. The van der Waals surface area contributed by atoms with E-state index < -0.39 is 0 Å². The Kier molecular flexibility index (Phi) is 6.61. The second-order valence-corrected chi connectivity index (χ2v) is 5.00. The Morgan fingerprint density at radius 1 is 1.17 bits per heavy atom. The molecule has 2 rings (SSSR count). The maximum atomic E-state index is 8.90. The predicted octanol–water partition coefficient (Wildman–Crippen LogP) is 2.00. The Balaban J connectivity index is 1.89. The maximum absolute atomic E-state index is 8.90. The van der Waals surface area contributed by atoms with Gasteiger partial charge in [0.05, 0.1) is 31.0 Å². The number of ether oxygens (including phenoxy) is 4. The van der Waals surface area contributed by atoms with Crippen molar-refractivity contribution >= 4 is 0 Å². The van der Waals surface area contributed by atoms with Gasteiger partial charge in [-0.05, 0) is 18.2 Å². The van der Waals surface area contributed by atoms with Crippen molar-refractivity contribution in [2.75, 3.05) is 27.9 Å². The summed E-state index contributed by atoms with van der Waals surface area (Å²) in [6.45, 7) is 1.02. The molecular weight excluding hydrogens is 310 g/mol. The smallest absolute Gasteiger partial charge is 0.162 e. The predicted molar refractivity (Wildman–Crippen MR) is 86.9 cm³/mol. The minimum absolute atomic E-state index is 0.299. The molecule has 0 N–H and O–H groups in total. The van der Waals surface area contributed by atoms with Crippen LogP contribution in [0.25, 0.3) is 0 Å². The first-order chi connectivity index (χ1) is 11.7. The van der Waals surface area contributed by atoms with E-state index in [1.807, 2.05) is 12.3 Å². The van der Waals surface area contributed by atoms with Crippen molar-refractivity contribution in [2.24, 2.45) is 0 Å².